The number of thiazole rings is 1. The third kappa shape index (κ3) is 5.31. The summed E-state index contributed by atoms with van der Waals surface area (Å²) in [7, 11) is 1.85. The number of amidine groups is 1. The number of rotatable bonds is 3. The first kappa shape index (κ1) is 19.6. The smallest absolute Gasteiger partial charge is 0.195 e. The molecule has 3 nitrogen and oxygen atoms in total. The predicted octanol–water partition coefficient (Wildman–Crippen LogP) is 5.92. The summed E-state index contributed by atoms with van der Waals surface area (Å²) in [5.74, 6) is 1.02. The number of hydrogen-bond donors (Lipinski definition) is 0. The lowest BCUT2D eigenvalue weighted by atomic mass is 9.87. The zero-order chi connectivity index (χ0) is 17.8. The monoisotopic (exact) mass is 333 g/mol. The van der Waals surface area contributed by atoms with Gasteiger partial charge in [-0.3, -0.25) is 9.89 Å². The van der Waals surface area contributed by atoms with Crippen LogP contribution < -0.4 is 4.90 Å². The van der Waals surface area contributed by atoms with Gasteiger partial charge in [0.15, 0.2) is 5.13 Å². The van der Waals surface area contributed by atoms with Crippen molar-refractivity contribution in [2.45, 2.75) is 55.4 Å². The molecule has 0 radical (unpaired) electrons. The number of anilines is 1. The highest BCUT2D eigenvalue weighted by Gasteiger charge is 2.27. The summed E-state index contributed by atoms with van der Waals surface area (Å²) < 4.78 is 0. The summed E-state index contributed by atoms with van der Waals surface area (Å²) in [4.78, 5) is 11.2. The molecule has 0 unspecified atom stereocenters. The predicted molar refractivity (Wildman–Crippen MR) is 104 cm³/mol. The topological polar surface area (TPSA) is 28.5 Å². The third-order valence-electron chi connectivity index (χ3n) is 3.82. The molecule has 1 rings (SSSR count). The standard InChI is InChI=1S/C19H31N3S/c1-14(18(3,4)5)10-11-15(2)22(17-21-12-13-23-17)16(20-9)19(6,7)8/h10-13H,1-9H3/b14-10+,15-11+,20-16?. The minimum atomic E-state index is -0.0572. The van der Waals surface area contributed by atoms with E-state index in [4.69, 9.17) is 0 Å². The van der Waals surface area contributed by atoms with E-state index >= 15 is 0 Å². The Bertz CT molecular complexity index is 594. The van der Waals surface area contributed by atoms with Gasteiger partial charge in [0.25, 0.3) is 0 Å². The highest BCUT2D eigenvalue weighted by molar-refractivity contribution is 7.13. The molecule has 4 heteroatoms. The van der Waals surface area contributed by atoms with Crippen LogP contribution in [0.25, 0.3) is 0 Å². The zero-order valence-electron chi connectivity index (χ0n) is 16.1. The Morgan fingerprint density at radius 2 is 1.70 bits per heavy atom. The van der Waals surface area contributed by atoms with E-state index in [1.54, 1.807) is 11.3 Å². The Morgan fingerprint density at radius 3 is 2.09 bits per heavy atom. The van der Waals surface area contributed by atoms with Crippen LogP contribution in [0.5, 0.6) is 0 Å². The van der Waals surface area contributed by atoms with Crippen LogP contribution in [0.15, 0.2) is 40.0 Å². The van der Waals surface area contributed by atoms with E-state index in [0.29, 0.717) is 0 Å². The second-order valence-corrected chi connectivity index (χ2v) is 8.73. The van der Waals surface area contributed by atoms with Crippen molar-refractivity contribution in [2.75, 3.05) is 11.9 Å². The third-order valence-corrected chi connectivity index (χ3v) is 4.57. The van der Waals surface area contributed by atoms with E-state index in [1.807, 2.05) is 18.6 Å². The fourth-order valence-electron chi connectivity index (χ4n) is 2.08. The minimum absolute atomic E-state index is 0.0572. The molecule has 23 heavy (non-hydrogen) atoms. The summed E-state index contributed by atoms with van der Waals surface area (Å²) in [5, 5.41) is 2.96. The molecule has 1 heterocycles. The Morgan fingerprint density at radius 1 is 1.09 bits per heavy atom. The van der Waals surface area contributed by atoms with E-state index in [2.05, 4.69) is 82.4 Å². The maximum atomic E-state index is 4.56. The Balaban J connectivity index is 3.32. The summed E-state index contributed by atoms with van der Waals surface area (Å²) in [6, 6.07) is 0. The van der Waals surface area contributed by atoms with Gasteiger partial charge >= 0.3 is 0 Å². The zero-order valence-corrected chi connectivity index (χ0v) is 16.9. The van der Waals surface area contributed by atoms with E-state index in [9.17, 15) is 0 Å². The van der Waals surface area contributed by atoms with Crippen LogP contribution in [0.4, 0.5) is 5.13 Å². The van der Waals surface area contributed by atoms with Crippen molar-refractivity contribution in [1.82, 2.24) is 4.98 Å². The first-order valence-electron chi connectivity index (χ1n) is 8.01. The molecule has 0 aliphatic heterocycles. The van der Waals surface area contributed by atoms with Crippen molar-refractivity contribution in [1.29, 1.82) is 0 Å². The maximum absolute atomic E-state index is 4.56. The van der Waals surface area contributed by atoms with Gasteiger partial charge in [0.1, 0.15) is 5.84 Å². The molecule has 0 fully saturated rings. The first-order valence-corrected chi connectivity index (χ1v) is 8.89. The Labute approximate surface area is 145 Å². The maximum Gasteiger partial charge on any atom is 0.195 e. The second-order valence-electron chi connectivity index (χ2n) is 7.86. The molecular weight excluding hydrogens is 302 g/mol. The average molecular weight is 334 g/mol. The molecule has 0 saturated heterocycles. The van der Waals surface area contributed by atoms with Gasteiger partial charge in [-0.2, -0.15) is 0 Å². The van der Waals surface area contributed by atoms with Crippen LogP contribution in [-0.4, -0.2) is 17.9 Å². The molecule has 0 aliphatic carbocycles. The molecular formula is C19H31N3S. The number of hydrogen-bond acceptors (Lipinski definition) is 3. The number of nitrogens with zero attached hydrogens (tertiary/aromatic N) is 3. The van der Waals surface area contributed by atoms with Crippen LogP contribution in [0, 0.1) is 10.8 Å². The van der Waals surface area contributed by atoms with E-state index in [1.165, 1.54) is 5.57 Å². The quantitative estimate of drug-likeness (QED) is 0.390. The molecule has 0 atom stereocenters. The van der Waals surface area contributed by atoms with Crippen molar-refractivity contribution in [3.63, 3.8) is 0 Å². The van der Waals surface area contributed by atoms with Crippen molar-refractivity contribution in [3.05, 3.63) is 35.0 Å². The van der Waals surface area contributed by atoms with Gasteiger partial charge in [0.05, 0.1) is 0 Å². The molecule has 0 saturated carbocycles. The van der Waals surface area contributed by atoms with Gasteiger partial charge in [0.2, 0.25) is 0 Å². The highest BCUT2D eigenvalue weighted by atomic mass is 32.1. The normalized spacial score (nSPS) is 15.1. The average Bonchev–Trinajstić information content (AvgIpc) is 2.92. The van der Waals surface area contributed by atoms with Crippen LogP contribution in [-0.2, 0) is 0 Å². The number of aromatic nitrogens is 1. The van der Waals surface area contributed by atoms with Gasteiger partial charge in [0, 0.05) is 29.7 Å². The second kappa shape index (κ2) is 7.43. The molecule has 0 N–H and O–H groups in total. The molecule has 128 valence electrons. The lowest BCUT2D eigenvalue weighted by Crippen LogP contribution is -2.38. The van der Waals surface area contributed by atoms with Gasteiger partial charge in [-0.15, -0.1) is 11.3 Å². The fourth-order valence-corrected chi connectivity index (χ4v) is 2.78. The van der Waals surface area contributed by atoms with E-state index < -0.39 is 0 Å². The van der Waals surface area contributed by atoms with Gasteiger partial charge in [-0.1, -0.05) is 53.2 Å². The minimum Gasteiger partial charge on any atom is -0.278 e. The lowest BCUT2D eigenvalue weighted by Gasteiger charge is -2.32. The molecule has 1 aromatic rings. The van der Waals surface area contributed by atoms with Crippen molar-refractivity contribution in [2.24, 2.45) is 15.8 Å². The summed E-state index contributed by atoms with van der Waals surface area (Å²) in [5.41, 5.74) is 2.59. The molecule has 0 aliphatic rings. The van der Waals surface area contributed by atoms with Gasteiger partial charge < -0.3 is 0 Å². The molecule has 0 spiro atoms. The van der Waals surface area contributed by atoms with Crippen molar-refractivity contribution >= 4 is 22.3 Å². The fraction of sp³-hybridized carbons (Fsp3) is 0.579. The Kier molecular flexibility index (Phi) is 6.34. The molecule has 1 aromatic heterocycles. The van der Waals surface area contributed by atoms with Gasteiger partial charge in [-0.05, 0) is 25.3 Å². The van der Waals surface area contributed by atoms with Crippen LogP contribution in [0.3, 0.4) is 0 Å². The number of allylic oxidation sites excluding steroid dienone is 4. The van der Waals surface area contributed by atoms with E-state index in [-0.39, 0.29) is 10.8 Å². The van der Waals surface area contributed by atoms with Gasteiger partial charge in [-0.25, -0.2) is 4.98 Å². The highest BCUT2D eigenvalue weighted by Crippen LogP contribution is 2.30. The molecule has 0 amide bonds. The van der Waals surface area contributed by atoms with Crippen molar-refractivity contribution < 1.29 is 0 Å². The number of aliphatic imine (C=N–C) groups is 1. The molecule has 0 bridgehead atoms. The van der Waals surface area contributed by atoms with Crippen LogP contribution >= 0.6 is 11.3 Å². The summed E-state index contributed by atoms with van der Waals surface area (Å²) >= 11 is 1.63. The lowest BCUT2D eigenvalue weighted by molar-refractivity contribution is 0.504. The van der Waals surface area contributed by atoms with E-state index in [0.717, 1.165) is 16.7 Å². The largest absolute Gasteiger partial charge is 0.278 e. The van der Waals surface area contributed by atoms with Crippen LogP contribution in [0.1, 0.15) is 55.4 Å². The van der Waals surface area contributed by atoms with Crippen molar-refractivity contribution in [3.8, 4) is 0 Å². The van der Waals surface area contributed by atoms with Crippen LogP contribution in [0.2, 0.25) is 0 Å². The summed E-state index contributed by atoms with van der Waals surface area (Å²) in [6.07, 6.45) is 6.21. The molecule has 0 aromatic carbocycles. The first-order chi connectivity index (χ1) is 10.5. The SMILES string of the molecule is CN=C(N(/C(C)=C/C=C(\C)C(C)(C)C)c1nccs1)C(C)(C)C. The Hall–Kier alpha value is -1.42. The summed E-state index contributed by atoms with van der Waals surface area (Å²) in [6.45, 7) is 17.5.